The van der Waals surface area contributed by atoms with Crippen molar-refractivity contribution in [3.63, 3.8) is 0 Å². The molecule has 1 aromatic rings. The highest BCUT2D eigenvalue weighted by Gasteiger charge is 2.24. The quantitative estimate of drug-likeness (QED) is 0.836. The summed E-state index contributed by atoms with van der Waals surface area (Å²) in [6.07, 6.45) is 1.57. The predicted molar refractivity (Wildman–Crippen MR) is 76.7 cm³/mol. The largest absolute Gasteiger partial charge is 0.352 e. The van der Waals surface area contributed by atoms with E-state index < -0.39 is 0 Å². The zero-order valence-corrected chi connectivity index (χ0v) is 12.2. The number of hydrogen-bond acceptors (Lipinski definition) is 4. The first-order chi connectivity index (χ1) is 9.56. The molecule has 1 fully saturated rings. The summed E-state index contributed by atoms with van der Waals surface area (Å²) in [4.78, 5) is 37.3. The molecule has 2 heterocycles. The Labute approximate surface area is 122 Å². The van der Waals surface area contributed by atoms with Gasteiger partial charge in [-0.15, -0.1) is 11.3 Å². The van der Waals surface area contributed by atoms with Gasteiger partial charge in [0.05, 0.1) is 4.88 Å². The average molecular weight is 294 g/mol. The van der Waals surface area contributed by atoms with Crippen LogP contribution in [0, 0.1) is 0 Å². The van der Waals surface area contributed by atoms with Crippen molar-refractivity contribution >= 4 is 28.9 Å². The van der Waals surface area contributed by atoms with Crippen LogP contribution in [0.2, 0.25) is 0 Å². The van der Waals surface area contributed by atoms with Gasteiger partial charge in [-0.05, 0) is 17.9 Å². The fourth-order valence-corrected chi connectivity index (χ4v) is 2.91. The molecule has 108 valence electrons. The number of likely N-dealkylation sites (tertiary alicyclic amines) is 1. The minimum Gasteiger partial charge on any atom is -0.352 e. The molecule has 0 aromatic carbocycles. The summed E-state index contributed by atoms with van der Waals surface area (Å²) in [5.41, 5.74) is 0. The van der Waals surface area contributed by atoms with Gasteiger partial charge in [0.15, 0.2) is 5.78 Å². The number of nitrogens with one attached hydrogen (secondary N) is 1. The van der Waals surface area contributed by atoms with E-state index in [2.05, 4.69) is 5.32 Å². The number of piperidine rings is 1. The summed E-state index contributed by atoms with van der Waals surface area (Å²) in [5.74, 6) is -0.00267. The highest BCUT2D eigenvalue weighted by atomic mass is 32.1. The van der Waals surface area contributed by atoms with E-state index in [4.69, 9.17) is 0 Å². The van der Waals surface area contributed by atoms with Crippen molar-refractivity contribution in [2.75, 3.05) is 13.6 Å². The molecule has 0 unspecified atom stereocenters. The molecule has 20 heavy (non-hydrogen) atoms. The van der Waals surface area contributed by atoms with Gasteiger partial charge in [0.25, 0.3) is 0 Å². The molecule has 1 aliphatic rings. The van der Waals surface area contributed by atoms with E-state index in [1.54, 1.807) is 18.0 Å². The van der Waals surface area contributed by atoms with Crippen LogP contribution < -0.4 is 5.32 Å². The number of ketones is 1. The van der Waals surface area contributed by atoms with Crippen LogP contribution in [0.25, 0.3) is 0 Å². The Bertz CT molecular complexity index is 499. The van der Waals surface area contributed by atoms with Gasteiger partial charge in [-0.25, -0.2) is 0 Å². The third kappa shape index (κ3) is 3.90. The maximum Gasteiger partial charge on any atom is 0.222 e. The van der Waals surface area contributed by atoms with Gasteiger partial charge in [-0.2, -0.15) is 0 Å². The van der Waals surface area contributed by atoms with Crippen molar-refractivity contribution in [3.8, 4) is 0 Å². The van der Waals surface area contributed by atoms with Crippen molar-refractivity contribution in [3.05, 3.63) is 22.4 Å². The van der Waals surface area contributed by atoms with Crippen molar-refractivity contribution < 1.29 is 14.4 Å². The van der Waals surface area contributed by atoms with E-state index in [0.29, 0.717) is 24.3 Å². The van der Waals surface area contributed by atoms with Gasteiger partial charge in [0.1, 0.15) is 0 Å². The van der Waals surface area contributed by atoms with Crippen LogP contribution in [-0.2, 0) is 9.59 Å². The Morgan fingerprint density at radius 2 is 2.25 bits per heavy atom. The van der Waals surface area contributed by atoms with Gasteiger partial charge in [0.2, 0.25) is 11.8 Å². The number of thiophene rings is 1. The second-order valence-electron chi connectivity index (χ2n) is 4.98. The summed E-state index contributed by atoms with van der Waals surface area (Å²) in [7, 11) is 1.74. The smallest absolute Gasteiger partial charge is 0.222 e. The molecule has 6 heteroatoms. The molecule has 1 saturated heterocycles. The van der Waals surface area contributed by atoms with E-state index in [0.717, 1.165) is 0 Å². The van der Waals surface area contributed by atoms with Crippen LogP contribution in [-0.4, -0.2) is 42.1 Å². The van der Waals surface area contributed by atoms with E-state index in [9.17, 15) is 14.4 Å². The van der Waals surface area contributed by atoms with Crippen molar-refractivity contribution in [1.82, 2.24) is 10.2 Å². The minimum atomic E-state index is -0.123. The lowest BCUT2D eigenvalue weighted by atomic mass is 10.1. The normalized spacial score (nSPS) is 18.9. The Kier molecular flexibility index (Phi) is 4.89. The molecular weight excluding hydrogens is 276 g/mol. The molecule has 1 aromatic heterocycles. The van der Waals surface area contributed by atoms with Crippen LogP contribution in [0.5, 0.6) is 0 Å². The molecule has 0 saturated carbocycles. The first-order valence-corrected chi connectivity index (χ1v) is 7.54. The van der Waals surface area contributed by atoms with Gasteiger partial charge in [-0.1, -0.05) is 6.07 Å². The number of rotatable bonds is 5. The second kappa shape index (κ2) is 6.65. The summed E-state index contributed by atoms with van der Waals surface area (Å²) in [6.45, 7) is 0.545. The lowest BCUT2D eigenvalue weighted by molar-refractivity contribution is -0.133. The standard InChI is InChI=1S/C14H18N2O3S/c1-16-9-10(4-7-14(16)19)15-13(18)6-5-11(17)12-3-2-8-20-12/h2-3,8,10H,4-7,9H2,1H3,(H,15,18)/t10-/m0/s1. The number of hydrogen-bond donors (Lipinski definition) is 1. The van der Waals surface area contributed by atoms with E-state index >= 15 is 0 Å². The number of carbonyl (C=O) groups is 3. The number of likely N-dealkylation sites (N-methyl/N-ethyl adjacent to an activating group) is 1. The van der Waals surface area contributed by atoms with Gasteiger partial charge < -0.3 is 10.2 Å². The lowest BCUT2D eigenvalue weighted by Crippen LogP contribution is -2.48. The first-order valence-electron chi connectivity index (χ1n) is 6.66. The van der Waals surface area contributed by atoms with Gasteiger partial charge in [0, 0.05) is 38.9 Å². The highest BCUT2D eigenvalue weighted by Crippen LogP contribution is 2.13. The van der Waals surface area contributed by atoms with E-state index in [1.807, 2.05) is 11.4 Å². The van der Waals surface area contributed by atoms with E-state index in [-0.39, 0.29) is 36.5 Å². The molecule has 0 bridgehead atoms. The third-order valence-corrected chi connectivity index (χ3v) is 4.28. The Morgan fingerprint density at radius 1 is 1.45 bits per heavy atom. The van der Waals surface area contributed by atoms with Crippen molar-refractivity contribution in [2.24, 2.45) is 0 Å². The van der Waals surface area contributed by atoms with E-state index in [1.165, 1.54) is 11.3 Å². The SMILES string of the molecule is CN1C[C@@H](NC(=O)CCC(=O)c2cccs2)CCC1=O. The second-order valence-corrected chi connectivity index (χ2v) is 5.93. The Hall–Kier alpha value is -1.69. The fourth-order valence-electron chi connectivity index (χ4n) is 2.22. The highest BCUT2D eigenvalue weighted by molar-refractivity contribution is 7.12. The molecule has 2 rings (SSSR count). The summed E-state index contributed by atoms with van der Waals surface area (Å²) >= 11 is 1.39. The van der Waals surface area contributed by atoms with Crippen LogP contribution in [0.3, 0.4) is 0 Å². The van der Waals surface area contributed by atoms with Crippen molar-refractivity contribution in [1.29, 1.82) is 0 Å². The average Bonchev–Trinajstić information content (AvgIpc) is 2.94. The Morgan fingerprint density at radius 3 is 2.90 bits per heavy atom. The van der Waals surface area contributed by atoms with Crippen LogP contribution in [0.15, 0.2) is 17.5 Å². The predicted octanol–water partition coefficient (Wildman–Crippen LogP) is 1.45. The molecule has 0 aliphatic carbocycles. The molecule has 0 spiro atoms. The molecule has 1 atom stereocenters. The van der Waals surface area contributed by atoms with Crippen LogP contribution in [0.1, 0.15) is 35.4 Å². The van der Waals surface area contributed by atoms with Gasteiger partial charge in [-0.3, -0.25) is 14.4 Å². The number of Topliss-reactive ketones (excluding diaryl/α,β-unsaturated/α-hetero) is 1. The zero-order chi connectivity index (χ0) is 14.5. The Balaban J connectivity index is 1.73. The summed E-state index contributed by atoms with van der Waals surface area (Å²) < 4.78 is 0. The lowest BCUT2D eigenvalue weighted by Gasteiger charge is -2.30. The number of nitrogens with zero attached hydrogens (tertiary/aromatic N) is 1. The van der Waals surface area contributed by atoms with Gasteiger partial charge >= 0.3 is 0 Å². The molecule has 1 aliphatic heterocycles. The minimum absolute atomic E-state index is 0.00189. The van der Waals surface area contributed by atoms with Crippen LogP contribution >= 0.6 is 11.3 Å². The number of carbonyl (C=O) groups excluding carboxylic acids is 3. The monoisotopic (exact) mass is 294 g/mol. The molecule has 2 amide bonds. The maximum absolute atomic E-state index is 11.8. The van der Waals surface area contributed by atoms with Crippen LogP contribution in [0.4, 0.5) is 0 Å². The third-order valence-electron chi connectivity index (χ3n) is 3.37. The zero-order valence-electron chi connectivity index (χ0n) is 11.4. The molecule has 1 N–H and O–H groups in total. The number of amides is 2. The summed E-state index contributed by atoms with van der Waals surface area (Å²) in [6, 6.07) is 3.60. The summed E-state index contributed by atoms with van der Waals surface area (Å²) in [5, 5.41) is 4.74. The topological polar surface area (TPSA) is 66.5 Å². The maximum atomic E-state index is 11.8. The first kappa shape index (κ1) is 14.7. The molecule has 5 nitrogen and oxygen atoms in total. The molecule has 0 radical (unpaired) electrons. The van der Waals surface area contributed by atoms with Crippen molar-refractivity contribution in [2.45, 2.75) is 31.7 Å². The molecular formula is C14H18N2O3S. The fraction of sp³-hybridized carbons (Fsp3) is 0.500.